The molecule has 2 saturated heterocycles. The van der Waals surface area contributed by atoms with Gasteiger partial charge in [0.25, 0.3) is 0 Å². The Hall–Kier alpha value is -1.63. The molecule has 1 unspecified atom stereocenters. The van der Waals surface area contributed by atoms with Crippen molar-refractivity contribution in [2.24, 2.45) is 5.92 Å². The molecule has 0 saturated carbocycles. The number of amides is 2. The zero-order valence-corrected chi connectivity index (χ0v) is 14.7. The number of ether oxygens (including phenoxy) is 1. The van der Waals surface area contributed by atoms with Crippen LogP contribution >= 0.6 is 0 Å². The maximum Gasteiger partial charge on any atom is 0.317 e. The Labute approximate surface area is 143 Å². The minimum absolute atomic E-state index is 0.00406. The van der Waals surface area contributed by atoms with E-state index in [1.54, 1.807) is 0 Å². The predicted molar refractivity (Wildman–Crippen MR) is 88.8 cm³/mol. The van der Waals surface area contributed by atoms with Gasteiger partial charge < -0.3 is 19.5 Å². The van der Waals surface area contributed by atoms with Crippen LogP contribution in [-0.4, -0.2) is 53.4 Å². The molecule has 24 heavy (non-hydrogen) atoms. The fraction of sp³-hybridized carbons (Fsp3) is 0.824. The van der Waals surface area contributed by atoms with Gasteiger partial charge in [0.2, 0.25) is 5.89 Å². The molecular weight excluding hydrogens is 308 g/mol. The summed E-state index contributed by atoms with van der Waals surface area (Å²) in [7, 11) is 0. The fourth-order valence-corrected chi connectivity index (χ4v) is 3.44. The third-order valence-corrected chi connectivity index (χ3v) is 4.93. The van der Waals surface area contributed by atoms with Crippen molar-refractivity contribution < 1.29 is 14.1 Å². The van der Waals surface area contributed by atoms with E-state index in [2.05, 4.69) is 15.5 Å². The number of rotatable bonds is 5. The van der Waals surface area contributed by atoms with Crippen molar-refractivity contribution in [3.05, 3.63) is 11.7 Å². The number of hydrogen-bond acceptors (Lipinski definition) is 5. The second-order valence-corrected chi connectivity index (χ2v) is 7.06. The second-order valence-electron chi connectivity index (χ2n) is 7.06. The third kappa shape index (κ3) is 4.26. The lowest BCUT2D eigenvalue weighted by molar-refractivity contribution is 0.0372. The van der Waals surface area contributed by atoms with Crippen molar-refractivity contribution in [3.8, 4) is 0 Å². The number of nitrogens with one attached hydrogen (secondary N) is 1. The highest BCUT2D eigenvalue weighted by Gasteiger charge is 2.30. The summed E-state index contributed by atoms with van der Waals surface area (Å²) in [5.74, 6) is 2.16. The van der Waals surface area contributed by atoms with E-state index in [0.29, 0.717) is 36.7 Å². The molecule has 2 fully saturated rings. The summed E-state index contributed by atoms with van der Waals surface area (Å²) in [6.07, 6.45) is 5.43. The average Bonchev–Trinajstić information content (AvgIpc) is 3.27. The number of carbonyl (C=O) groups excluding carboxylic acids is 1. The molecule has 0 radical (unpaired) electrons. The lowest BCUT2D eigenvalue weighted by Crippen LogP contribution is -2.46. The van der Waals surface area contributed by atoms with E-state index in [4.69, 9.17) is 9.26 Å². The van der Waals surface area contributed by atoms with Crippen molar-refractivity contribution >= 4 is 6.03 Å². The zero-order valence-electron chi connectivity index (χ0n) is 14.7. The van der Waals surface area contributed by atoms with E-state index < -0.39 is 0 Å². The first kappa shape index (κ1) is 17.2. The summed E-state index contributed by atoms with van der Waals surface area (Å²) in [4.78, 5) is 18.5. The number of hydrogen-bond donors (Lipinski definition) is 1. The van der Waals surface area contributed by atoms with E-state index in [1.165, 1.54) is 12.8 Å². The van der Waals surface area contributed by atoms with Crippen LogP contribution in [0.4, 0.5) is 4.79 Å². The first-order chi connectivity index (χ1) is 11.6. The summed E-state index contributed by atoms with van der Waals surface area (Å²) in [6, 6.07) is 0.00406. The van der Waals surface area contributed by atoms with Crippen LogP contribution in [0.5, 0.6) is 0 Å². The van der Waals surface area contributed by atoms with Gasteiger partial charge in [0.15, 0.2) is 5.82 Å². The second kappa shape index (κ2) is 7.96. The predicted octanol–water partition coefficient (Wildman–Crippen LogP) is 2.34. The van der Waals surface area contributed by atoms with E-state index >= 15 is 0 Å². The van der Waals surface area contributed by atoms with E-state index in [0.717, 1.165) is 32.5 Å². The van der Waals surface area contributed by atoms with Crippen LogP contribution in [0.2, 0.25) is 0 Å². The molecule has 2 amide bonds. The van der Waals surface area contributed by atoms with Gasteiger partial charge in [-0.15, -0.1) is 0 Å². The first-order valence-electron chi connectivity index (χ1n) is 9.10. The van der Waals surface area contributed by atoms with Gasteiger partial charge in [-0.1, -0.05) is 19.0 Å². The van der Waals surface area contributed by atoms with Crippen LogP contribution in [0, 0.1) is 5.92 Å². The molecule has 3 heterocycles. The minimum atomic E-state index is 0.00406. The molecule has 2 aliphatic rings. The van der Waals surface area contributed by atoms with E-state index in [9.17, 15) is 4.79 Å². The molecule has 3 rings (SSSR count). The van der Waals surface area contributed by atoms with Crippen LogP contribution in [0.15, 0.2) is 4.52 Å². The number of nitrogens with zero attached hydrogens (tertiary/aromatic N) is 3. The standard InChI is InChI=1S/C17H28N4O3/c1-12(2)16-19-15(24-20-16)5-8-18-17(22)21-9-6-13(7-10-21)14-4-3-11-23-14/h12-14H,3-11H2,1-2H3,(H,18,22). The molecule has 0 aromatic carbocycles. The molecule has 2 aliphatic heterocycles. The first-order valence-corrected chi connectivity index (χ1v) is 9.10. The summed E-state index contributed by atoms with van der Waals surface area (Å²) in [6.45, 7) is 7.10. The van der Waals surface area contributed by atoms with E-state index in [1.807, 2.05) is 18.7 Å². The Bertz CT molecular complexity index is 532. The Kier molecular flexibility index (Phi) is 5.71. The molecule has 1 atom stereocenters. The molecule has 0 spiro atoms. The maximum atomic E-state index is 12.2. The quantitative estimate of drug-likeness (QED) is 0.892. The Balaban J connectivity index is 1.36. The van der Waals surface area contributed by atoms with Gasteiger partial charge in [0.1, 0.15) is 0 Å². The van der Waals surface area contributed by atoms with Gasteiger partial charge in [-0.25, -0.2) is 4.79 Å². The normalized spacial score (nSPS) is 22.3. The largest absolute Gasteiger partial charge is 0.378 e. The summed E-state index contributed by atoms with van der Waals surface area (Å²) >= 11 is 0. The molecule has 0 bridgehead atoms. The molecule has 1 N–H and O–H groups in total. The number of piperidine rings is 1. The number of likely N-dealkylation sites (tertiary alicyclic amines) is 1. The number of carbonyl (C=O) groups is 1. The molecule has 1 aromatic rings. The smallest absolute Gasteiger partial charge is 0.317 e. The highest BCUT2D eigenvalue weighted by atomic mass is 16.5. The Morgan fingerprint density at radius 3 is 2.75 bits per heavy atom. The SMILES string of the molecule is CC(C)c1noc(CCNC(=O)N2CCC(C3CCCO3)CC2)n1. The van der Waals surface area contributed by atoms with Crippen LogP contribution < -0.4 is 5.32 Å². The molecule has 7 heteroatoms. The topological polar surface area (TPSA) is 80.5 Å². The van der Waals surface area contributed by atoms with E-state index in [-0.39, 0.29) is 11.9 Å². The lowest BCUT2D eigenvalue weighted by atomic mass is 9.90. The van der Waals surface area contributed by atoms with Crippen molar-refractivity contribution in [1.29, 1.82) is 0 Å². The molecule has 0 aliphatic carbocycles. The molecular formula is C17H28N4O3. The molecule has 1 aromatic heterocycles. The van der Waals surface area contributed by atoms with Crippen LogP contribution in [0.3, 0.4) is 0 Å². The van der Waals surface area contributed by atoms with Crippen LogP contribution in [0.1, 0.15) is 57.2 Å². The van der Waals surface area contributed by atoms with Crippen LogP contribution in [0.25, 0.3) is 0 Å². The molecule has 134 valence electrons. The summed E-state index contributed by atoms with van der Waals surface area (Å²) in [5, 5.41) is 6.88. The molecule has 7 nitrogen and oxygen atoms in total. The average molecular weight is 336 g/mol. The van der Waals surface area contributed by atoms with Gasteiger partial charge in [0, 0.05) is 38.6 Å². The minimum Gasteiger partial charge on any atom is -0.378 e. The van der Waals surface area contributed by atoms with Gasteiger partial charge in [-0.05, 0) is 31.6 Å². The Morgan fingerprint density at radius 1 is 1.33 bits per heavy atom. The van der Waals surface area contributed by atoms with Crippen LogP contribution in [-0.2, 0) is 11.2 Å². The van der Waals surface area contributed by atoms with Gasteiger partial charge in [-0.3, -0.25) is 0 Å². The number of aromatic nitrogens is 2. The van der Waals surface area contributed by atoms with Crippen molar-refractivity contribution in [3.63, 3.8) is 0 Å². The van der Waals surface area contributed by atoms with Crippen molar-refractivity contribution in [2.75, 3.05) is 26.2 Å². The monoisotopic (exact) mass is 336 g/mol. The van der Waals surface area contributed by atoms with Gasteiger partial charge >= 0.3 is 6.03 Å². The summed E-state index contributed by atoms with van der Waals surface area (Å²) < 4.78 is 11.0. The van der Waals surface area contributed by atoms with Gasteiger partial charge in [-0.2, -0.15) is 4.98 Å². The zero-order chi connectivity index (χ0) is 16.9. The highest BCUT2D eigenvalue weighted by molar-refractivity contribution is 5.74. The van der Waals surface area contributed by atoms with Crippen molar-refractivity contribution in [2.45, 2.75) is 58.0 Å². The Morgan fingerprint density at radius 2 is 2.12 bits per heavy atom. The highest BCUT2D eigenvalue weighted by Crippen LogP contribution is 2.28. The van der Waals surface area contributed by atoms with Crippen molar-refractivity contribution in [1.82, 2.24) is 20.4 Å². The summed E-state index contributed by atoms with van der Waals surface area (Å²) in [5.41, 5.74) is 0. The maximum absolute atomic E-state index is 12.2. The fourth-order valence-electron chi connectivity index (χ4n) is 3.44. The third-order valence-electron chi connectivity index (χ3n) is 4.93. The number of urea groups is 1. The van der Waals surface area contributed by atoms with Gasteiger partial charge in [0.05, 0.1) is 6.10 Å². The lowest BCUT2D eigenvalue weighted by Gasteiger charge is -2.34.